The average molecular weight is 191 g/mol. The van der Waals surface area contributed by atoms with Gasteiger partial charge in [-0.1, -0.05) is 0 Å². The number of hydrogen-bond acceptors (Lipinski definition) is 3. The second kappa shape index (κ2) is 4.77. The summed E-state index contributed by atoms with van der Waals surface area (Å²) in [5.41, 5.74) is 0.736. The first-order valence-corrected chi connectivity index (χ1v) is 3.27. The van der Waals surface area contributed by atoms with E-state index in [1.807, 2.05) is 0 Å². The number of aryl methyl sites for hydroxylation is 1. The fraction of sp³-hybridized carbons (Fsp3) is 0.429. The van der Waals surface area contributed by atoms with Gasteiger partial charge in [-0.2, -0.15) is 5.10 Å². The van der Waals surface area contributed by atoms with Crippen molar-refractivity contribution in [2.24, 2.45) is 7.05 Å². The van der Waals surface area contributed by atoms with Gasteiger partial charge in [-0.25, -0.2) is 0 Å². The van der Waals surface area contributed by atoms with E-state index in [4.69, 9.17) is 0 Å². The molecule has 1 heterocycles. The van der Waals surface area contributed by atoms with E-state index in [2.05, 4.69) is 9.84 Å². The Balaban J connectivity index is 0.00000121. The Kier molecular flexibility index (Phi) is 4.36. The van der Waals surface area contributed by atoms with Gasteiger partial charge in [0.2, 0.25) is 0 Å². The molecular formula is C7H11ClN2O2. The van der Waals surface area contributed by atoms with E-state index in [1.54, 1.807) is 24.0 Å². The Labute approximate surface area is 76.9 Å². The van der Waals surface area contributed by atoms with Crippen molar-refractivity contribution >= 4 is 18.4 Å². The number of esters is 1. The van der Waals surface area contributed by atoms with Crippen LogP contribution in [0.2, 0.25) is 0 Å². The molecule has 1 aromatic rings. The van der Waals surface area contributed by atoms with Gasteiger partial charge in [0.05, 0.1) is 19.2 Å². The highest BCUT2D eigenvalue weighted by molar-refractivity contribution is 5.85. The Morgan fingerprint density at radius 1 is 1.75 bits per heavy atom. The summed E-state index contributed by atoms with van der Waals surface area (Å²) in [5.74, 6) is -0.260. The monoisotopic (exact) mass is 190 g/mol. The van der Waals surface area contributed by atoms with Crippen molar-refractivity contribution in [3.8, 4) is 0 Å². The van der Waals surface area contributed by atoms with E-state index >= 15 is 0 Å². The van der Waals surface area contributed by atoms with Crippen LogP contribution in [0.15, 0.2) is 12.3 Å². The average Bonchev–Trinajstić information content (AvgIpc) is 2.35. The van der Waals surface area contributed by atoms with E-state index in [9.17, 15) is 4.79 Å². The van der Waals surface area contributed by atoms with Crippen LogP contribution >= 0.6 is 12.4 Å². The highest BCUT2D eigenvalue weighted by Crippen LogP contribution is 1.95. The van der Waals surface area contributed by atoms with Crippen molar-refractivity contribution in [2.45, 2.75) is 6.42 Å². The molecule has 5 heteroatoms. The molecule has 1 aromatic heterocycles. The molecule has 0 bridgehead atoms. The number of halogens is 1. The first-order chi connectivity index (χ1) is 5.22. The van der Waals surface area contributed by atoms with Crippen LogP contribution in [0.3, 0.4) is 0 Å². The first-order valence-electron chi connectivity index (χ1n) is 3.27. The summed E-state index contributed by atoms with van der Waals surface area (Å²) in [6.45, 7) is 0. The fourth-order valence-corrected chi connectivity index (χ4v) is 0.778. The highest BCUT2D eigenvalue weighted by Gasteiger charge is 2.03. The fourth-order valence-electron chi connectivity index (χ4n) is 0.778. The maximum atomic E-state index is 10.7. The zero-order valence-electron chi connectivity index (χ0n) is 6.98. The molecule has 0 aliphatic carbocycles. The van der Waals surface area contributed by atoms with E-state index < -0.39 is 0 Å². The summed E-state index contributed by atoms with van der Waals surface area (Å²) < 4.78 is 6.13. The molecule has 1 rings (SSSR count). The third-order valence-corrected chi connectivity index (χ3v) is 1.32. The second-order valence-corrected chi connectivity index (χ2v) is 2.23. The molecule has 68 valence electrons. The molecule has 0 unspecified atom stereocenters. The third kappa shape index (κ3) is 2.92. The zero-order chi connectivity index (χ0) is 8.27. The molecule has 0 amide bonds. The van der Waals surface area contributed by atoms with E-state index in [0.29, 0.717) is 0 Å². The summed E-state index contributed by atoms with van der Waals surface area (Å²) in [6, 6.07) is 1.79. The van der Waals surface area contributed by atoms with Crippen molar-refractivity contribution < 1.29 is 9.53 Å². The van der Waals surface area contributed by atoms with E-state index in [1.165, 1.54) is 7.11 Å². The van der Waals surface area contributed by atoms with Gasteiger partial charge in [-0.05, 0) is 6.07 Å². The largest absolute Gasteiger partial charge is 0.469 e. The Hall–Kier alpha value is -1.03. The summed E-state index contributed by atoms with van der Waals surface area (Å²) >= 11 is 0. The van der Waals surface area contributed by atoms with Gasteiger partial charge in [0.25, 0.3) is 0 Å². The lowest BCUT2D eigenvalue weighted by molar-refractivity contribution is -0.139. The predicted molar refractivity (Wildman–Crippen MR) is 46.2 cm³/mol. The zero-order valence-corrected chi connectivity index (χ0v) is 7.80. The van der Waals surface area contributed by atoms with Crippen LogP contribution in [0.5, 0.6) is 0 Å². The van der Waals surface area contributed by atoms with Gasteiger partial charge in [0.15, 0.2) is 0 Å². The molecule has 0 aromatic carbocycles. The van der Waals surface area contributed by atoms with Crippen molar-refractivity contribution in [3.05, 3.63) is 18.0 Å². The quantitative estimate of drug-likeness (QED) is 0.640. The van der Waals surface area contributed by atoms with Gasteiger partial charge in [0, 0.05) is 13.2 Å². The first kappa shape index (κ1) is 11.0. The summed E-state index contributed by atoms with van der Waals surface area (Å²) in [4.78, 5) is 10.7. The molecule has 0 spiro atoms. The lowest BCUT2D eigenvalue weighted by Gasteiger charge is -1.93. The van der Waals surface area contributed by atoms with Crippen molar-refractivity contribution in [1.29, 1.82) is 0 Å². The summed E-state index contributed by atoms with van der Waals surface area (Å²) in [6.07, 6.45) is 2.04. The van der Waals surface area contributed by atoms with Gasteiger partial charge in [0.1, 0.15) is 0 Å². The molecule has 4 nitrogen and oxygen atoms in total. The topological polar surface area (TPSA) is 44.1 Å². The minimum absolute atomic E-state index is 0. The lowest BCUT2D eigenvalue weighted by Crippen LogP contribution is -2.05. The van der Waals surface area contributed by atoms with Crippen molar-refractivity contribution in [2.75, 3.05) is 7.11 Å². The van der Waals surface area contributed by atoms with Crippen LogP contribution in [0.25, 0.3) is 0 Å². The molecule has 0 N–H and O–H groups in total. The van der Waals surface area contributed by atoms with Crippen LogP contribution < -0.4 is 0 Å². The normalized spacial score (nSPS) is 8.83. The number of carbonyl (C=O) groups is 1. The maximum absolute atomic E-state index is 10.7. The summed E-state index contributed by atoms with van der Waals surface area (Å²) in [7, 11) is 3.17. The van der Waals surface area contributed by atoms with Crippen LogP contribution in [-0.2, 0) is 23.0 Å². The predicted octanol–water partition coefficient (Wildman–Crippen LogP) is 0.557. The highest BCUT2D eigenvalue weighted by atomic mass is 35.5. The van der Waals surface area contributed by atoms with E-state index in [-0.39, 0.29) is 24.8 Å². The van der Waals surface area contributed by atoms with Crippen molar-refractivity contribution in [3.63, 3.8) is 0 Å². The Bertz CT molecular complexity index is 260. The SMILES string of the molecule is COC(=O)Cc1ccn(C)n1.Cl. The number of hydrogen-bond donors (Lipinski definition) is 0. The second-order valence-electron chi connectivity index (χ2n) is 2.23. The van der Waals surface area contributed by atoms with Gasteiger partial charge in [-0.15, -0.1) is 12.4 Å². The standard InChI is InChI=1S/C7H10N2O2.ClH/c1-9-4-3-6(8-9)5-7(10)11-2;/h3-4H,5H2,1-2H3;1H. The van der Waals surface area contributed by atoms with Crippen LogP contribution in [0.1, 0.15) is 5.69 Å². The van der Waals surface area contributed by atoms with E-state index in [0.717, 1.165) is 5.69 Å². The minimum Gasteiger partial charge on any atom is -0.469 e. The molecule has 0 aliphatic rings. The number of carbonyl (C=O) groups excluding carboxylic acids is 1. The minimum atomic E-state index is -0.260. The third-order valence-electron chi connectivity index (χ3n) is 1.32. The smallest absolute Gasteiger partial charge is 0.311 e. The molecule has 0 fully saturated rings. The number of methoxy groups -OCH3 is 1. The molecule has 12 heavy (non-hydrogen) atoms. The molecule has 0 atom stereocenters. The van der Waals surface area contributed by atoms with Crippen LogP contribution in [-0.4, -0.2) is 22.9 Å². The number of nitrogens with zero attached hydrogens (tertiary/aromatic N) is 2. The number of ether oxygens (including phenoxy) is 1. The van der Waals surface area contributed by atoms with Gasteiger partial charge in [-0.3, -0.25) is 9.48 Å². The van der Waals surface area contributed by atoms with Crippen LogP contribution in [0, 0.1) is 0 Å². The van der Waals surface area contributed by atoms with Gasteiger partial charge >= 0.3 is 5.97 Å². The maximum Gasteiger partial charge on any atom is 0.311 e. The van der Waals surface area contributed by atoms with Crippen molar-refractivity contribution in [1.82, 2.24) is 9.78 Å². The number of aromatic nitrogens is 2. The molecule has 0 saturated carbocycles. The number of rotatable bonds is 2. The molecule has 0 aliphatic heterocycles. The summed E-state index contributed by atoms with van der Waals surface area (Å²) in [5, 5.41) is 4.01. The molecular weight excluding hydrogens is 180 g/mol. The Morgan fingerprint density at radius 3 is 2.83 bits per heavy atom. The lowest BCUT2D eigenvalue weighted by atomic mass is 10.3. The molecule has 0 radical (unpaired) electrons. The Morgan fingerprint density at radius 2 is 2.42 bits per heavy atom. The van der Waals surface area contributed by atoms with Gasteiger partial charge < -0.3 is 4.74 Å². The molecule has 0 saturated heterocycles. The van der Waals surface area contributed by atoms with Crippen LogP contribution in [0.4, 0.5) is 0 Å².